The minimum absolute atomic E-state index is 0.0700. The fraction of sp³-hybridized carbons (Fsp3) is 0.615. The topological polar surface area (TPSA) is 91.3 Å². The second-order valence-electron chi connectivity index (χ2n) is 5.16. The van der Waals surface area contributed by atoms with E-state index in [2.05, 4.69) is 15.6 Å². The van der Waals surface area contributed by atoms with Crippen LogP contribution in [-0.2, 0) is 11.3 Å². The van der Waals surface area contributed by atoms with Gasteiger partial charge in [0.15, 0.2) is 0 Å². The summed E-state index contributed by atoms with van der Waals surface area (Å²) in [7, 11) is 0. The normalized spacial score (nSPS) is 25.9. The van der Waals surface area contributed by atoms with E-state index in [9.17, 15) is 14.7 Å². The lowest BCUT2D eigenvalue weighted by molar-refractivity contribution is -0.148. The number of carboxylic acid groups (broad SMARTS) is 1. The van der Waals surface area contributed by atoms with Gasteiger partial charge >= 0.3 is 12.0 Å². The first kappa shape index (κ1) is 14.8. The fourth-order valence-corrected chi connectivity index (χ4v) is 3.20. The van der Waals surface area contributed by atoms with Crippen LogP contribution in [0.5, 0.6) is 0 Å². The van der Waals surface area contributed by atoms with Crippen molar-refractivity contribution in [3.05, 3.63) is 16.6 Å². The molecule has 1 heterocycles. The summed E-state index contributed by atoms with van der Waals surface area (Å²) in [6.07, 6.45) is 4.80. The van der Waals surface area contributed by atoms with Crippen molar-refractivity contribution in [2.45, 2.75) is 44.7 Å². The first-order valence-corrected chi connectivity index (χ1v) is 7.60. The minimum atomic E-state index is -1.15. The summed E-state index contributed by atoms with van der Waals surface area (Å²) in [5.41, 5.74) is -1.15. The third kappa shape index (κ3) is 3.09. The molecule has 1 aromatic heterocycles. The van der Waals surface area contributed by atoms with Gasteiger partial charge in [-0.1, -0.05) is 19.8 Å². The molecule has 1 aromatic rings. The van der Waals surface area contributed by atoms with Crippen LogP contribution in [0.4, 0.5) is 4.79 Å². The van der Waals surface area contributed by atoms with Gasteiger partial charge in [0.25, 0.3) is 0 Å². The number of nitrogens with one attached hydrogen (secondary N) is 2. The maximum absolute atomic E-state index is 12.0. The Morgan fingerprint density at radius 2 is 2.35 bits per heavy atom. The Morgan fingerprint density at radius 3 is 2.95 bits per heavy atom. The van der Waals surface area contributed by atoms with Crippen LogP contribution < -0.4 is 10.6 Å². The zero-order valence-corrected chi connectivity index (χ0v) is 12.2. The van der Waals surface area contributed by atoms with Crippen LogP contribution in [0, 0.1) is 5.92 Å². The summed E-state index contributed by atoms with van der Waals surface area (Å²) in [4.78, 5) is 27.6. The third-order valence-electron chi connectivity index (χ3n) is 3.90. The molecular formula is C13H19N3O3S. The monoisotopic (exact) mass is 297 g/mol. The molecule has 2 unspecified atom stereocenters. The van der Waals surface area contributed by atoms with Gasteiger partial charge in [-0.25, -0.2) is 14.6 Å². The summed E-state index contributed by atoms with van der Waals surface area (Å²) in [6, 6.07) is -0.448. The van der Waals surface area contributed by atoms with Gasteiger partial charge in [0.2, 0.25) is 0 Å². The third-order valence-corrected chi connectivity index (χ3v) is 4.68. The van der Waals surface area contributed by atoms with E-state index in [-0.39, 0.29) is 5.92 Å². The number of hydrogen-bond acceptors (Lipinski definition) is 4. The minimum Gasteiger partial charge on any atom is -0.479 e. The number of amides is 2. The van der Waals surface area contributed by atoms with E-state index in [4.69, 9.17) is 0 Å². The van der Waals surface area contributed by atoms with E-state index in [0.29, 0.717) is 13.0 Å². The lowest BCUT2D eigenvalue weighted by Crippen LogP contribution is -2.61. The average Bonchev–Trinajstić information content (AvgIpc) is 2.92. The van der Waals surface area contributed by atoms with Crippen LogP contribution in [0.3, 0.4) is 0 Å². The molecule has 7 heteroatoms. The average molecular weight is 297 g/mol. The van der Waals surface area contributed by atoms with Crippen molar-refractivity contribution in [3.63, 3.8) is 0 Å². The van der Waals surface area contributed by atoms with Gasteiger partial charge in [0, 0.05) is 11.6 Å². The van der Waals surface area contributed by atoms with Crippen molar-refractivity contribution in [1.82, 2.24) is 15.6 Å². The van der Waals surface area contributed by atoms with E-state index in [1.807, 2.05) is 12.3 Å². The predicted octanol–water partition coefficient (Wildman–Crippen LogP) is 1.98. The molecule has 6 nitrogen and oxygen atoms in total. The number of urea groups is 1. The molecule has 0 radical (unpaired) electrons. The van der Waals surface area contributed by atoms with Crippen molar-refractivity contribution in [1.29, 1.82) is 0 Å². The molecular weight excluding hydrogens is 278 g/mol. The molecule has 0 saturated heterocycles. The van der Waals surface area contributed by atoms with Gasteiger partial charge in [-0.2, -0.15) is 0 Å². The van der Waals surface area contributed by atoms with Crippen LogP contribution >= 0.6 is 11.3 Å². The first-order chi connectivity index (χ1) is 9.54. The van der Waals surface area contributed by atoms with Crippen LogP contribution in [0.15, 0.2) is 11.6 Å². The van der Waals surface area contributed by atoms with Crippen LogP contribution in [0.2, 0.25) is 0 Å². The molecule has 0 spiro atoms. The maximum atomic E-state index is 12.0. The van der Waals surface area contributed by atoms with Crippen LogP contribution in [0.1, 0.15) is 37.6 Å². The molecule has 1 saturated carbocycles. The highest BCUT2D eigenvalue weighted by atomic mass is 32.1. The van der Waals surface area contributed by atoms with E-state index in [1.165, 1.54) is 11.3 Å². The van der Waals surface area contributed by atoms with Gasteiger partial charge in [0.1, 0.15) is 10.5 Å². The lowest BCUT2D eigenvalue weighted by atomic mass is 9.73. The van der Waals surface area contributed by atoms with E-state index in [0.717, 1.165) is 24.3 Å². The van der Waals surface area contributed by atoms with Gasteiger partial charge in [-0.05, 0) is 18.8 Å². The standard InChI is InChI=1S/C13H19N3O3S/c1-9-4-2-3-5-13(9,11(17)18)16-12(19)15-8-10-14-6-7-20-10/h6-7,9H,2-5,8H2,1H3,(H,17,18)(H2,15,16,19). The summed E-state index contributed by atoms with van der Waals surface area (Å²) in [6.45, 7) is 2.20. The molecule has 0 aliphatic heterocycles. The molecule has 2 amide bonds. The molecule has 1 fully saturated rings. The summed E-state index contributed by atoms with van der Waals surface area (Å²) in [5.74, 6) is -1.02. The molecule has 1 aliphatic carbocycles. The second kappa shape index (κ2) is 6.21. The maximum Gasteiger partial charge on any atom is 0.329 e. The highest BCUT2D eigenvalue weighted by Crippen LogP contribution is 2.33. The van der Waals surface area contributed by atoms with Crippen molar-refractivity contribution in [3.8, 4) is 0 Å². The largest absolute Gasteiger partial charge is 0.479 e. The number of carbonyl (C=O) groups is 2. The highest BCUT2D eigenvalue weighted by Gasteiger charge is 2.46. The first-order valence-electron chi connectivity index (χ1n) is 6.72. The highest BCUT2D eigenvalue weighted by molar-refractivity contribution is 7.09. The second-order valence-corrected chi connectivity index (χ2v) is 6.14. The summed E-state index contributed by atoms with van der Waals surface area (Å²) in [5, 5.41) is 17.5. The molecule has 2 atom stereocenters. The van der Waals surface area contributed by atoms with Gasteiger partial charge in [-0.15, -0.1) is 11.3 Å². The predicted molar refractivity (Wildman–Crippen MR) is 75.5 cm³/mol. The van der Waals surface area contributed by atoms with E-state index in [1.54, 1.807) is 6.20 Å². The number of rotatable bonds is 4. The Hall–Kier alpha value is -1.63. The zero-order valence-electron chi connectivity index (χ0n) is 11.4. The van der Waals surface area contributed by atoms with Crippen molar-refractivity contribution in [2.24, 2.45) is 5.92 Å². The lowest BCUT2D eigenvalue weighted by Gasteiger charge is -2.39. The number of hydrogen-bond donors (Lipinski definition) is 3. The van der Waals surface area contributed by atoms with Crippen molar-refractivity contribution < 1.29 is 14.7 Å². The Labute approximate surface area is 121 Å². The Balaban J connectivity index is 1.97. The summed E-state index contributed by atoms with van der Waals surface area (Å²) < 4.78 is 0. The number of nitrogens with zero attached hydrogens (tertiary/aromatic N) is 1. The number of carboxylic acids is 1. The van der Waals surface area contributed by atoms with Gasteiger partial charge in [-0.3, -0.25) is 0 Å². The number of thiazole rings is 1. The molecule has 0 aromatic carbocycles. The number of aliphatic carboxylic acids is 1. The van der Waals surface area contributed by atoms with Gasteiger partial charge in [0.05, 0.1) is 6.54 Å². The van der Waals surface area contributed by atoms with Crippen LogP contribution in [0.25, 0.3) is 0 Å². The van der Waals surface area contributed by atoms with E-state index >= 15 is 0 Å². The number of carbonyl (C=O) groups excluding carboxylic acids is 1. The van der Waals surface area contributed by atoms with Gasteiger partial charge < -0.3 is 15.7 Å². The molecule has 110 valence electrons. The number of aromatic nitrogens is 1. The summed E-state index contributed by atoms with van der Waals surface area (Å²) >= 11 is 1.45. The molecule has 3 N–H and O–H groups in total. The zero-order chi connectivity index (χ0) is 14.6. The van der Waals surface area contributed by atoms with Crippen LogP contribution in [-0.4, -0.2) is 27.6 Å². The molecule has 1 aliphatic rings. The van der Waals surface area contributed by atoms with Crippen molar-refractivity contribution in [2.75, 3.05) is 0 Å². The Bertz CT molecular complexity index is 477. The fourth-order valence-electron chi connectivity index (χ4n) is 2.65. The SMILES string of the molecule is CC1CCCCC1(NC(=O)NCc1nccs1)C(=O)O. The molecule has 0 bridgehead atoms. The Kier molecular flexibility index (Phi) is 4.59. The molecule has 2 rings (SSSR count). The quantitative estimate of drug-likeness (QED) is 0.792. The smallest absolute Gasteiger partial charge is 0.329 e. The molecule has 20 heavy (non-hydrogen) atoms. The van der Waals surface area contributed by atoms with Crippen molar-refractivity contribution >= 4 is 23.3 Å². The van der Waals surface area contributed by atoms with E-state index < -0.39 is 17.5 Å². The Morgan fingerprint density at radius 1 is 1.55 bits per heavy atom.